The van der Waals surface area contributed by atoms with Crippen molar-refractivity contribution in [2.24, 2.45) is 0 Å². The molecule has 3 rings (SSSR count). The predicted octanol–water partition coefficient (Wildman–Crippen LogP) is -4.67. The fourth-order valence-electron chi connectivity index (χ4n) is 3.07. The fraction of sp³-hybridized carbons (Fsp3) is 0.294. The number of hydrogen-bond donors (Lipinski definition) is 3. The Morgan fingerprint density at radius 1 is 1.29 bits per heavy atom. The molecule has 3 N–H and O–H groups in total. The summed E-state index contributed by atoms with van der Waals surface area (Å²) in [5.41, 5.74) is 0.267. The third-order valence-corrected chi connectivity index (χ3v) is 5.66. The zero-order chi connectivity index (χ0) is 19.7. The Hall–Kier alpha value is -1.85. The fourth-order valence-corrected chi connectivity index (χ4v) is 4.41. The van der Waals surface area contributed by atoms with E-state index in [4.69, 9.17) is 5.11 Å². The third kappa shape index (κ3) is 4.11. The van der Waals surface area contributed by atoms with Crippen molar-refractivity contribution in [3.8, 4) is 0 Å². The van der Waals surface area contributed by atoms with Gasteiger partial charge in [0.2, 0.25) is 0 Å². The van der Waals surface area contributed by atoms with Gasteiger partial charge in [-0.2, -0.15) is 0 Å². The van der Waals surface area contributed by atoms with E-state index in [0.717, 1.165) is 4.90 Å². The van der Waals surface area contributed by atoms with E-state index in [-0.39, 0.29) is 58.6 Å². The van der Waals surface area contributed by atoms with Gasteiger partial charge in [0.15, 0.2) is 0 Å². The van der Waals surface area contributed by atoms with Crippen LogP contribution in [0.4, 0.5) is 0 Å². The monoisotopic (exact) mass is 414 g/mol. The normalized spacial score (nSPS) is 20.6. The number of carboxylic acids is 2. The van der Waals surface area contributed by atoms with Crippen LogP contribution in [-0.2, 0) is 20.8 Å². The summed E-state index contributed by atoms with van der Waals surface area (Å²) in [5, 5.41) is 31.5. The maximum Gasteiger partial charge on any atom is 1.00 e. The number of carbonyl (C=O) groups excluding carboxylic acids is 3. The maximum absolute atomic E-state index is 12.5. The van der Waals surface area contributed by atoms with Gasteiger partial charge in [-0.05, 0) is 17.2 Å². The van der Waals surface area contributed by atoms with E-state index in [1.54, 1.807) is 12.1 Å². The second-order valence-electron chi connectivity index (χ2n) is 5.99. The molecule has 1 unspecified atom stereocenters. The first-order valence-corrected chi connectivity index (χ1v) is 8.99. The minimum Gasteiger partial charge on any atom is -0.543 e. The molecule has 2 atom stereocenters. The van der Waals surface area contributed by atoms with Crippen molar-refractivity contribution < 1.29 is 64.1 Å². The molecule has 2 aliphatic rings. The molecular weight excluding hydrogens is 399 g/mol. The zero-order valence-corrected chi connectivity index (χ0v) is 17.7. The summed E-state index contributed by atoms with van der Waals surface area (Å²) in [7, 11) is 0. The maximum atomic E-state index is 12.5. The molecule has 0 aliphatic carbocycles. The minimum absolute atomic E-state index is 0. The van der Waals surface area contributed by atoms with Crippen LogP contribution in [0.25, 0.3) is 0 Å². The molecule has 1 aromatic rings. The van der Waals surface area contributed by atoms with Crippen LogP contribution in [0.3, 0.4) is 0 Å². The van der Waals surface area contributed by atoms with Gasteiger partial charge in [0.05, 0.1) is 24.7 Å². The number of carbonyl (C=O) groups is 4. The molecule has 9 nitrogen and oxygen atoms in total. The third-order valence-electron chi connectivity index (χ3n) is 4.32. The molecule has 0 saturated carbocycles. The standard InChI is InChI=1S/C17H16N2O7S.Na/c20-6-9-7-27-16-12(15(24)19(16)13(9)17(25)26)18-14(23)10-4-2-1-3-8(10)5-11(21)22;/h1-4,12,16,20H,5-7H2,(H,18,23)(H,21,22)(H,25,26);/q;+1/p-1/t12?,16-;/m1./s1. The first-order valence-electron chi connectivity index (χ1n) is 7.94. The van der Waals surface area contributed by atoms with Crippen molar-refractivity contribution in [2.45, 2.75) is 17.8 Å². The van der Waals surface area contributed by atoms with E-state index < -0.39 is 41.8 Å². The van der Waals surface area contributed by atoms with E-state index in [9.17, 15) is 29.4 Å². The van der Waals surface area contributed by atoms with Gasteiger partial charge in [0.25, 0.3) is 11.8 Å². The Balaban J connectivity index is 0.00000280. The first kappa shape index (κ1) is 22.4. The Morgan fingerprint density at radius 2 is 1.96 bits per heavy atom. The van der Waals surface area contributed by atoms with Crippen LogP contribution in [-0.4, -0.2) is 62.6 Å². The second kappa shape index (κ2) is 9.10. The molecule has 142 valence electrons. The summed E-state index contributed by atoms with van der Waals surface area (Å²) in [4.78, 5) is 48.2. The average Bonchev–Trinajstić information content (AvgIpc) is 2.64. The number of nitrogens with zero attached hydrogens (tertiary/aromatic N) is 1. The number of nitrogens with one attached hydrogen (secondary N) is 1. The molecule has 0 radical (unpaired) electrons. The molecule has 1 saturated heterocycles. The molecule has 2 amide bonds. The van der Waals surface area contributed by atoms with Crippen LogP contribution >= 0.6 is 11.8 Å². The first-order chi connectivity index (χ1) is 12.8. The van der Waals surface area contributed by atoms with Gasteiger partial charge in [0.1, 0.15) is 11.4 Å². The number of carboxylic acid groups (broad SMARTS) is 2. The number of thioether (sulfide) groups is 1. The number of aliphatic hydroxyl groups is 1. The zero-order valence-electron chi connectivity index (χ0n) is 14.9. The van der Waals surface area contributed by atoms with Crippen molar-refractivity contribution in [2.75, 3.05) is 12.4 Å². The van der Waals surface area contributed by atoms with Crippen molar-refractivity contribution in [1.29, 1.82) is 0 Å². The molecular formula is C17H15N2NaO7S. The SMILES string of the molecule is O=C(O)Cc1ccccc1C(=O)NC1C(=O)N2C(C(=O)[O-])=C(CO)CS[C@H]12.[Na+]. The van der Waals surface area contributed by atoms with Crippen LogP contribution in [0, 0.1) is 0 Å². The van der Waals surface area contributed by atoms with Crippen LogP contribution in [0.5, 0.6) is 0 Å². The average molecular weight is 414 g/mol. The van der Waals surface area contributed by atoms with E-state index in [0.29, 0.717) is 5.56 Å². The summed E-state index contributed by atoms with van der Waals surface area (Å²) in [5.74, 6) is -3.70. The van der Waals surface area contributed by atoms with Crippen LogP contribution in [0.1, 0.15) is 15.9 Å². The van der Waals surface area contributed by atoms with Crippen molar-refractivity contribution in [3.05, 3.63) is 46.7 Å². The van der Waals surface area contributed by atoms with E-state index in [2.05, 4.69) is 5.32 Å². The van der Waals surface area contributed by atoms with E-state index >= 15 is 0 Å². The molecule has 0 aromatic heterocycles. The summed E-state index contributed by atoms with van der Waals surface area (Å²) in [6.45, 7) is -0.508. The van der Waals surface area contributed by atoms with Crippen LogP contribution < -0.4 is 40.0 Å². The summed E-state index contributed by atoms with van der Waals surface area (Å²) in [6.07, 6.45) is -0.343. The van der Waals surface area contributed by atoms with Crippen LogP contribution in [0.2, 0.25) is 0 Å². The molecule has 11 heteroatoms. The van der Waals surface area contributed by atoms with Gasteiger partial charge < -0.3 is 25.4 Å². The number of fused-ring (bicyclic) bond motifs is 1. The molecule has 1 aromatic carbocycles. The van der Waals surface area contributed by atoms with E-state index in [1.165, 1.54) is 23.9 Å². The van der Waals surface area contributed by atoms with Crippen molar-refractivity contribution in [1.82, 2.24) is 10.2 Å². The summed E-state index contributed by atoms with van der Waals surface area (Å²) < 4.78 is 0. The van der Waals surface area contributed by atoms with E-state index in [1.807, 2.05) is 0 Å². The quantitative estimate of drug-likeness (QED) is 0.311. The summed E-state index contributed by atoms with van der Waals surface area (Å²) >= 11 is 1.22. The smallest absolute Gasteiger partial charge is 0.543 e. The van der Waals surface area contributed by atoms with Crippen molar-refractivity contribution in [3.63, 3.8) is 0 Å². The van der Waals surface area contributed by atoms with Gasteiger partial charge in [-0.15, -0.1) is 11.8 Å². The number of aliphatic carboxylic acids is 2. The van der Waals surface area contributed by atoms with Gasteiger partial charge in [-0.25, -0.2) is 0 Å². The number of amides is 2. The Bertz CT molecular complexity index is 873. The molecule has 0 bridgehead atoms. The Kier molecular flexibility index (Phi) is 7.29. The number of rotatable bonds is 6. The topological polar surface area (TPSA) is 147 Å². The van der Waals surface area contributed by atoms with Gasteiger partial charge in [0, 0.05) is 11.3 Å². The minimum atomic E-state index is -1.56. The molecule has 28 heavy (non-hydrogen) atoms. The molecule has 2 aliphatic heterocycles. The number of hydrogen-bond acceptors (Lipinski definition) is 7. The van der Waals surface area contributed by atoms with Gasteiger partial charge in [-0.3, -0.25) is 19.3 Å². The number of aliphatic hydroxyl groups excluding tert-OH is 1. The van der Waals surface area contributed by atoms with Crippen molar-refractivity contribution >= 4 is 35.5 Å². The molecule has 1 fully saturated rings. The van der Waals surface area contributed by atoms with Gasteiger partial charge in [-0.1, -0.05) is 18.2 Å². The molecule has 2 heterocycles. The van der Waals surface area contributed by atoms with Gasteiger partial charge >= 0.3 is 35.5 Å². The molecule has 0 spiro atoms. The second-order valence-corrected chi connectivity index (χ2v) is 7.09. The largest absolute Gasteiger partial charge is 1.00 e. The number of benzene rings is 1. The predicted molar refractivity (Wildman–Crippen MR) is 91.2 cm³/mol. The van der Waals surface area contributed by atoms with Crippen LogP contribution in [0.15, 0.2) is 35.5 Å². The number of β-lactam (4-membered cyclic amide) rings is 1. The summed E-state index contributed by atoms with van der Waals surface area (Å²) in [6, 6.07) is 5.20. The Morgan fingerprint density at radius 3 is 2.57 bits per heavy atom. The Labute approximate surface area is 186 Å².